The Balaban J connectivity index is 1.49. The highest BCUT2D eigenvalue weighted by atomic mass is 35.5. The summed E-state index contributed by atoms with van der Waals surface area (Å²) in [5.74, 6) is 1.45. The van der Waals surface area contributed by atoms with E-state index in [4.69, 9.17) is 16.1 Å². The number of aromatic nitrogens is 2. The average Bonchev–Trinajstić information content (AvgIpc) is 3.34. The second kappa shape index (κ2) is 6.33. The average molecular weight is 354 g/mol. The van der Waals surface area contributed by atoms with Gasteiger partial charge in [-0.05, 0) is 49.6 Å². The molecule has 0 bridgehead atoms. The van der Waals surface area contributed by atoms with Crippen LogP contribution < -0.4 is 5.32 Å². The molecular formula is C19H16ClN3O2. The molecular weight excluding hydrogens is 338 g/mol. The fourth-order valence-corrected chi connectivity index (χ4v) is 2.82. The lowest BCUT2D eigenvalue weighted by molar-refractivity contribution is 0.102. The Bertz CT molecular complexity index is 930. The fraction of sp³-hybridized carbons (Fsp3) is 0.211. The van der Waals surface area contributed by atoms with Gasteiger partial charge in [-0.2, -0.15) is 4.98 Å². The number of nitrogens with zero attached hydrogens (tertiary/aromatic N) is 2. The molecule has 3 aromatic rings. The third-order valence-corrected chi connectivity index (χ3v) is 4.46. The number of nitrogens with one attached hydrogen (secondary N) is 1. The van der Waals surface area contributed by atoms with E-state index in [1.54, 1.807) is 18.2 Å². The summed E-state index contributed by atoms with van der Waals surface area (Å²) in [6.07, 6.45) is 2.23. The first-order valence-corrected chi connectivity index (χ1v) is 8.49. The number of hydrogen-bond acceptors (Lipinski definition) is 4. The summed E-state index contributed by atoms with van der Waals surface area (Å²) < 4.78 is 5.27. The first kappa shape index (κ1) is 15.8. The third kappa shape index (κ3) is 3.42. The van der Waals surface area contributed by atoms with E-state index in [9.17, 15) is 4.79 Å². The normalized spacial score (nSPS) is 13.7. The molecule has 126 valence electrons. The molecule has 1 aliphatic rings. The molecule has 6 heteroatoms. The van der Waals surface area contributed by atoms with E-state index in [0.717, 1.165) is 24.0 Å². The molecule has 0 atom stereocenters. The highest BCUT2D eigenvalue weighted by Gasteiger charge is 2.29. The first-order chi connectivity index (χ1) is 12.1. The van der Waals surface area contributed by atoms with Gasteiger partial charge in [0.15, 0.2) is 0 Å². The van der Waals surface area contributed by atoms with Crippen LogP contribution in [0.4, 0.5) is 5.69 Å². The molecule has 1 amide bonds. The molecule has 0 spiro atoms. The number of carbonyl (C=O) groups is 1. The van der Waals surface area contributed by atoms with Crippen LogP contribution in [0.2, 0.25) is 5.02 Å². The predicted molar refractivity (Wildman–Crippen MR) is 95.9 cm³/mol. The minimum atomic E-state index is -0.218. The van der Waals surface area contributed by atoms with Crippen molar-refractivity contribution in [1.29, 1.82) is 0 Å². The lowest BCUT2D eigenvalue weighted by Gasteiger charge is -2.08. The maximum atomic E-state index is 12.4. The molecule has 25 heavy (non-hydrogen) atoms. The zero-order chi connectivity index (χ0) is 17.4. The Labute approximate surface area is 150 Å². The maximum Gasteiger partial charge on any atom is 0.255 e. The van der Waals surface area contributed by atoms with E-state index in [0.29, 0.717) is 33.9 Å². The zero-order valence-electron chi connectivity index (χ0n) is 13.6. The van der Waals surface area contributed by atoms with E-state index >= 15 is 0 Å². The molecule has 1 aromatic heterocycles. The monoisotopic (exact) mass is 353 g/mol. The van der Waals surface area contributed by atoms with Crippen molar-refractivity contribution >= 4 is 23.2 Å². The molecule has 1 saturated carbocycles. The lowest BCUT2D eigenvalue weighted by atomic mass is 10.1. The summed E-state index contributed by atoms with van der Waals surface area (Å²) in [5, 5.41) is 7.34. The number of anilines is 1. The molecule has 0 unspecified atom stereocenters. The van der Waals surface area contributed by atoms with Crippen molar-refractivity contribution in [2.24, 2.45) is 0 Å². The Morgan fingerprint density at radius 2 is 1.96 bits per heavy atom. The van der Waals surface area contributed by atoms with Crippen LogP contribution in [0.5, 0.6) is 0 Å². The van der Waals surface area contributed by atoms with Crippen molar-refractivity contribution in [2.75, 3.05) is 5.32 Å². The summed E-state index contributed by atoms with van der Waals surface area (Å²) in [6.45, 7) is 1.95. The van der Waals surface area contributed by atoms with Crippen LogP contribution in [0.3, 0.4) is 0 Å². The predicted octanol–water partition coefficient (Wildman–Crippen LogP) is 4.83. The van der Waals surface area contributed by atoms with E-state index in [-0.39, 0.29) is 5.91 Å². The Morgan fingerprint density at radius 1 is 1.20 bits per heavy atom. The van der Waals surface area contributed by atoms with Gasteiger partial charge in [-0.15, -0.1) is 0 Å². The van der Waals surface area contributed by atoms with Crippen LogP contribution in [-0.4, -0.2) is 16.0 Å². The second-order valence-electron chi connectivity index (χ2n) is 6.25. The van der Waals surface area contributed by atoms with Crippen molar-refractivity contribution in [3.05, 3.63) is 64.5 Å². The first-order valence-electron chi connectivity index (χ1n) is 8.12. The van der Waals surface area contributed by atoms with Crippen molar-refractivity contribution < 1.29 is 9.32 Å². The molecule has 5 nitrogen and oxygen atoms in total. The Kier molecular flexibility index (Phi) is 4.01. The summed E-state index contributed by atoms with van der Waals surface area (Å²) >= 11 is 6.16. The minimum Gasteiger partial charge on any atom is -0.339 e. The van der Waals surface area contributed by atoms with E-state index in [1.165, 1.54) is 0 Å². The zero-order valence-corrected chi connectivity index (χ0v) is 14.4. The molecule has 0 saturated heterocycles. The van der Waals surface area contributed by atoms with E-state index in [2.05, 4.69) is 15.5 Å². The van der Waals surface area contributed by atoms with Gasteiger partial charge < -0.3 is 9.84 Å². The molecule has 1 aliphatic carbocycles. The number of halogens is 1. The summed E-state index contributed by atoms with van der Waals surface area (Å²) in [5.41, 5.74) is 2.98. The lowest BCUT2D eigenvalue weighted by Crippen LogP contribution is -2.12. The van der Waals surface area contributed by atoms with Gasteiger partial charge >= 0.3 is 0 Å². The van der Waals surface area contributed by atoms with Gasteiger partial charge in [-0.1, -0.05) is 35.0 Å². The van der Waals surface area contributed by atoms with Crippen molar-refractivity contribution in [2.45, 2.75) is 25.7 Å². The van der Waals surface area contributed by atoms with Crippen LogP contribution in [-0.2, 0) is 0 Å². The highest BCUT2D eigenvalue weighted by Crippen LogP contribution is 2.39. The summed E-state index contributed by atoms with van der Waals surface area (Å²) in [7, 11) is 0. The van der Waals surface area contributed by atoms with Gasteiger partial charge in [0.2, 0.25) is 11.7 Å². The van der Waals surface area contributed by atoms with Crippen LogP contribution in [0.15, 0.2) is 47.0 Å². The molecule has 0 aliphatic heterocycles. The standard InChI is InChI=1S/C19H16ClN3O2/c1-11-2-9-16(15(20)10-11)21-18(24)13-5-3-12(4-6-13)17-22-19(25-23-17)14-7-8-14/h2-6,9-10,14H,7-8H2,1H3,(H,21,24). The number of rotatable bonds is 4. The van der Waals surface area contributed by atoms with Crippen LogP contribution in [0.25, 0.3) is 11.4 Å². The SMILES string of the molecule is Cc1ccc(NC(=O)c2ccc(-c3noc(C4CC4)n3)cc2)c(Cl)c1. The van der Waals surface area contributed by atoms with Crippen molar-refractivity contribution in [3.8, 4) is 11.4 Å². The van der Waals surface area contributed by atoms with Gasteiger partial charge in [0, 0.05) is 17.0 Å². The number of hydrogen-bond donors (Lipinski definition) is 1. The van der Waals surface area contributed by atoms with Gasteiger partial charge in [-0.3, -0.25) is 4.79 Å². The third-order valence-electron chi connectivity index (χ3n) is 4.15. The summed E-state index contributed by atoms with van der Waals surface area (Å²) in [4.78, 5) is 16.8. The Morgan fingerprint density at radius 3 is 2.64 bits per heavy atom. The number of aryl methyl sites for hydroxylation is 1. The molecule has 1 N–H and O–H groups in total. The molecule has 2 aromatic carbocycles. The van der Waals surface area contributed by atoms with Crippen LogP contribution >= 0.6 is 11.6 Å². The minimum absolute atomic E-state index is 0.218. The summed E-state index contributed by atoms with van der Waals surface area (Å²) in [6, 6.07) is 12.6. The van der Waals surface area contributed by atoms with Gasteiger partial charge in [0.1, 0.15) is 0 Å². The van der Waals surface area contributed by atoms with Gasteiger partial charge in [0.25, 0.3) is 5.91 Å². The van der Waals surface area contributed by atoms with E-state index in [1.807, 2.05) is 31.2 Å². The Hall–Kier alpha value is -2.66. The number of benzene rings is 2. The van der Waals surface area contributed by atoms with Crippen molar-refractivity contribution in [1.82, 2.24) is 10.1 Å². The number of amides is 1. The molecule has 1 fully saturated rings. The largest absolute Gasteiger partial charge is 0.339 e. The molecule has 1 heterocycles. The van der Waals surface area contributed by atoms with Gasteiger partial charge in [-0.25, -0.2) is 0 Å². The molecule has 4 rings (SSSR count). The maximum absolute atomic E-state index is 12.4. The van der Waals surface area contributed by atoms with E-state index < -0.39 is 0 Å². The topological polar surface area (TPSA) is 68.0 Å². The van der Waals surface area contributed by atoms with Crippen molar-refractivity contribution in [3.63, 3.8) is 0 Å². The number of carbonyl (C=O) groups excluding carboxylic acids is 1. The second-order valence-corrected chi connectivity index (χ2v) is 6.65. The highest BCUT2D eigenvalue weighted by molar-refractivity contribution is 6.34. The fourth-order valence-electron chi connectivity index (χ4n) is 2.54. The van der Waals surface area contributed by atoms with Gasteiger partial charge in [0.05, 0.1) is 10.7 Å². The quantitative estimate of drug-likeness (QED) is 0.729. The van der Waals surface area contributed by atoms with Crippen LogP contribution in [0.1, 0.15) is 40.6 Å². The van der Waals surface area contributed by atoms with Crippen LogP contribution in [0, 0.1) is 6.92 Å². The molecule has 0 radical (unpaired) electrons. The smallest absolute Gasteiger partial charge is 0.255 e.